The van der Waals surface area contributed by atoms with Crippen LogP contribution in [0.2, 0.25) is 5.15 Å². The van der Waals surface area contributed by atoms with Crippen molar-refractivity contribution < 1.29 is 14.3 Å². The summed E-state index contributed by atoms with van der Waals surface area (Å²) >= 11 is 5.64. The van der Waals surface area contributed by atoms with E-state index in [4.69, 9.17) is 21.1 Å². The molecule has 0 aliphatic rings. The summed E-state index contributed by atoms with van der Waals surface area (Å²) in [6.07, 6.45) is 2.17. The lowest BCUT2D eigenvalue weighted by atomic mass is 10.3. The lowest BCUT2D eigenvalue weighted by Gasteiger charge is -2.21. The number of amides is 1. The van der Waals surface area contributed by atoms with Crippen LogP contribution in [-0.4, -0.2) is 42.4 Å². The van der Waals surface area contributed by atoms with E-state index in [-0.39, 0.29) is 22.8 Å². The van der Waals surface area contributed by atoms with Crippen LogP contribution in [0.25, 0.3) is 0 Å². The number of carbonyl (C=O) groups excluding carboxylic acids is 1. The molecule has 0 spiro atoms. The molecular formula is C10H14ClN3O3. The Labute approximate surface area is 104 Å². The van der Waals surface area contributed by atoms with Crippen LogP contribution in [-0.2, 0) is 9.47 Å². The van der Waals surface area contributed by atoms with Crippen LogP contribution >= 0.6 is 11.6 Å². The number of rotatable bonds is 5. The molecule has 0 saturated carbocycles. The van der Waals surface area contributed by atoms with Gasteiger partial charge in [0.15, 0.2) is 6.29 Å². The summed E-state index contributed by atoms with van der Waals surface area (Å²) in [5.41, 5.74) is 0.148. The maximum Gasteiger partial charge on any atom is 0.271 e. The number of hydrogen-bond acceptors (Lipinski definition) is 5. The molecule has 17 heavy (non-hydrogen) atoms. The SMILES string of the molecule is COC(OC)C(C)NC(=O)c1cncc(Cl)n1. The van der Waals surface area contributed by atoms with Gasteiger partial charge in [-0.3, -0.25) is 9.78 Å². The number of nitrogens with one attached hydrogen (secondary N) is 1. The van der Waals surface area contributed by atoms with Crippen molar-refractivity contribution in [1.29, 1.82) is 0 Å². The Morgan fingerprint density at radius 3 is 2.59 bits per heavy atom. The van der Waals surface area contributed by atoms with Crippen LogP contribution in [0.1, 0.15) is 17.4 Å². The molecule has 0 saturated heterocycles. The standard InChI is InChI=1S/C10H14ClN3O3/c1-6(10(16-2)17-3)13-9(15)7-4-12-5-8(11)14-7/h4-6,10H,1-3H3,(H,13,15). The zero-order valence-electron chi connectivity index (χ0n) is 9.81. The molecule has 1 amide bonds. The Morgan fingerprint density at radius 2 is 2.06 bits per heavy atom. The molecule has 1 atom stereocenters. The van der Waals surface area contributed by atoms with Crippen molar-refractivity contribution in [2.75, 3.05) is 14.2 Å². The summed E-state index contributed by atoms with van der Waals surface area (Å²) < 4.78 is 10.0. The third kappa shape index (κ3) is 3.92. The molecule has 1 rings (SSSR count). The summed E-state index contributed by atoms with van der Waals surface area (Å²) in [6.45, 7) is 1.76. The number of ether oxygens (including phenoxy) is 2. The summed E-state index contributed by atoms with van der Waals surface area (Å²) in [5.74, 6) is -0.383. The van der Waals surface area contributed by atoms with Gasteiger partial charge in [-0.2, -0.15) is 0 Å². The smallest absolute Gasteiger partial charge is 0.271 e. The molecule has 0 radical (unpaired) electrons. The predicted molar refractivity (Wildman–Crippen MR) is 61.8 cm³/mol. The summed E-state index contributed by atoms with van der Waals surface area (Å²) in [5, 5.41) is 2.84. The van der Waals surface area contributed by atoms with E-state index in [0.29, 0.717) is 0 Å². The monoisotopic (exact) mass is 259 g/mol. The minimum absolute atomic E-state index is 0.148. The Hall–Kier alpha value is -1.24. The van der Waals surface area contributed by atoms with Crippen molar-refractivity contribution in [2.45, 2.75) is 19.3 Å². The first kappa shape index (κ1) is 13.8. The van der Waals surface area contributed by atoms with Crippen LogP contribution in [0.15, 0.2) is 12.4 Å². The summed E-state index contributed by atoms with van der Waals surface area (Å²) in [6, 6.07) is -0.321. The van der Waals surface area contributed by atoms with Crippen molar-refractivity contribution in [3.63, 3.8) is 0 Å². The molecule has 94 valence electrons. The molecular weight excluding hydrogens is 246 g/mol. The average Bonchev–Trinajstić information content (AvgIpc) is 2.30. The van der Waals surface area contributed by atoms with E-state index in [1.54, 1.807) is 6.92 Å². The lowest BCUT2D eigenvalue weighted by molar-refractivity contribution is -0.117. The van der Waals surface area contributed by atoms with E-state index < -0.39 is 6.29 Å². The van der Waals surface area contributed by atoms with Gasteiger partial charge in [-0.25, -0.2) is 4.98 Å². The topological polar surface area (TPSA) is 73.3 Å². The number of hydrogen-bond donors (Lipinski definition) is 1. The zero-order valence-corrected chi connectivity index (χ0v) is 10.6. The largest absolute Gasteiger partial charge is 0.354 e. The van der Waals surface area contributed by atoms with Crippen LogP contribution in [0, 0.1) is 0 Å². The highest BCUT2D eigenvalue weighted by atomic mass is 35.5. The molecule has 1 heterocycles. The summed E-state index contributed by atoms with van der Waals surface area (Å²) in [4.78, 5) is 19.4. The van der Waals surface area contributed by atoms with Gasteiger partial charge in [-0.05, 0) is 6.92 Å². The molecule has 1 N–H and O–H groups in total. The highest BCUT2D eigenvalue weighted by molar-refractivity contribution is 6.29. The van der Waals surface area contributed by atoms with Crippen molar-refractivity contribution in [3.05, 3.63) is 23.2 Å². The second-order valence-electron chi connectivity index (χ2n) is 3.33. The molecule has 0 aromatic carbocycles. The quantitative estimate of drug-likeness (QED) is 0.795. The molecule has 1 aromatic heterocycles. The Kier molecular flexibility index (Phi) is 5.27. The van der Waals surface area contributed by atoms with Gasteiger partial charge in [0, 0.05) is 14.2 Å². The van der Waals surface area contributed by atoms with Gasteiger partial charge in [0.25, 0.3) is 5.91 Å². The number of methoxy groups -OCH3 is 2. The van der Waals surface area contributed by atoms with Crippen molar-refractivity contribution in [2.24, 2.45) is 0 Å². The fraction of sp³-hybridized carbons (Fsp3) is 0.500. The third-order valence-electron chi connectivity index (χ3n) is 2.07. The van der Waals surface area contributed by atoms with Crippen molar-refractivity contribution >= 4 is 17.5 Å². The lowest BCUT2D eigenvalue weighted by Crippen LogP contribution is -2.43. The Balaban J connectivity index is 2.66. The summed E-state index contributed by atoms with van der Waals surface area (Å²) in [7, 11) is 2.99. The molecule has 6 nitrogen and oxygen atoms in total. The maximum atomic E-state index is 11.8. The van der Waals surface area contributed by atoms with E-state index in [1.165, 1.54) is 26.6 Å². The number of carbonyl (C=O) groups is 1. The van der Waals surface area contributed by atoms with Crippen LogP contribution < -0.4 is 5.32 Å². The number of aromatic nitrogens is 2. The second-order valence-corrected chi connectivity index (χ2v) is 3.72. The first-order chi connectivity index (χ1) is 8.08. The van der Waals surface area contributed by atoms with Gasteiger partial charge in [0.1, 0.15) is 10.8 Å². The zero-order chi connectivity index (χ0) is 12.8. The van der Waals surface area contributed by atoms with Crippen LogP contribution in [0.5, 0.6) is 0 Å². The molecule has 0 aliphatic heterocycles. The minimum atomic E-state index is -0.522. The predicted octanol–water partition coefficient (Wildman–Crippen LogP) is 0.867. The Morgan fingerprint density at radius 1 is 1.41 bits per heavy atom. The van der Waals surface area contributed by atoms with Crippen LogP contribution in [0.3, 0.4) is 0 Å². The number of nitrogens with zero attached hydrogens (tertiary/aromatic N) is 2. The van der Waals surface area contributed by atoms with E-state index >= 15 is 0 Å². The molecule has 1 aromatic rings. The van der Waals surface area contributed by atoms with Gasteiger partial charge in [-0.1, -0.05) is 11.6 Å². The number of halogens is 1. The minimum Gasteiger partial charge on any atom is -0.354 e. The first-order valence-electron chi connectivity index (χ1n) is 4.92. The highest BCUT2D eigenvalue weighted by Gasteiger charge is 2.19. The normalized spacial score (nSPS) is 12.5. The highest BCUT2D eigenvalue weighted by Crippen LogP contribution is 2.04. The first-order valence-corrected chi connectivity index (χ1v) is 5.30. The molecule has 1 unspecified atom stereocenters. The average molecular weight is 260 g/mol. The third-order valence-corrected chi connectivity index (χ3v) is 2.25. The molecule has 0 aliphatic carbocycles. The van der Waals surface area contributed by atoms with Gasteiger partial charge in [0.2, 0.25) is 0 Å². The van der Waals surface area contributed by atoms with Gasteiger partial charge >= 0.3 is 0 Å². The van der Waals surface area contributed by atoms with Crippen molar-refractivity contribution in [3.8, 4) is 0 Å². The van der Waals surface area contributed by atoms with Crippen LogP contribution in [0.4, 0.5) is 0 Å². The Bertz CT molecular complexity index is 385. The maximum absolute atomic E-state index is 11.8. The van der Waals surface area contributed by atoms with E-state index in [1.807, 2.05) is 0 Å². The fourth-order valence-corrected chi connectivity index (χ4v) is 1.45. The van der Waals surface area contributed by atoms with E-state index in [2.05, 4.69) is 15.3 Å². The second kappa shape index (κ2) is 6.48. The van der Waals surface area contributed by atoms with E-state index in [0.717, 1.165) is 0 Å². The molecule has 0 bridgehead atoms. The van der Waals surface area contributed by atoms with Gasteiger partial charge in [-0.15, -0.1) is 0 Å². The van der Waals surface area contributed by atoms with E-state index in [9.17, 15) is 4.79 Å². The van der Waals surface area contributed by atoms with Gasteiger partial charge < -0.3 is 14.8 Å². The van der Waals surface area contributed by atoms with Crippen molar-refractivity contribution in [1.82, 2.24) is 15.3 Å². The fourth-order valence-electron chi connectivity index (χ4n) is 1.30. The van der Waals surface area contributed by atoms with Gasteiger partial charge in [0.05, 0.1) is 18.4 Å². The molecule has 7 heteroatoms. The molecule has 0 fully saturated rings.